The van der Waals surface area contributed by atoms with Crippen LogP contribution in [0, 0.1) is 0 Å². The number of fused-ring (bicyclic) bond motifs is 2. The van der Waals surface area contributed by atoms with E-state index in [9.17, 15) is 18.0 Å². The Hall–Kier alpha value is -2.70. The standard InChI is InChI=1S/C25H30F3N5O3S/c1-32-22-16(13-29-32)3-2-4-19(22)23(34)30-17-5-6-18(35-14-17)7-10-33-11-8-20-21(9-12-33)37-24(31-20)36-15-25(26,27)28/h2-4,13,17-18H,5-12,14-15H2,1H3,(H,30,34)/t17-,18+/m0/s1. The van der Waals surface area contributed by atoms with Gasteiger partial charge in [-0.3, -0.25) is 9.48 Å². The second kappa shape index (κ2) is 11.0. The van der Waals surface area contributed by atoms with Crippen LogP contribution in [0.1, 0.15) is 40.2 Å². The van der Waals surface area contributed by atoms with Crippen molar-refractivity contribution in [2.75, 3.05) is 32.8 Å². The number of carbonyl (C=O) groups is 1. The van der Waals surface area contributed by atoms with Crippen LogP contribution in [0.3, 0.4) is 0 Å². The zero-order valence-electron chi connectivity index (χ0n) is 20.6. The van der Waals surface area contributed by atoms with E-state index in [1.165, 1.54) is 11.3 Å². The number of thiazole rings is 1. The molecule has 0 aliphatic carbocycles. The Balaban J connectivity index is 1.04. The lowest BCUT2D eigenvalue weighted by Crippen LogP contribution is -2.43. The molecular formula is C25H30F3N5O3S. The minimum Gasteiger partial charge on any atom is -0.460 e. The van der Waals surface area contributed by atoms with Crippen molar-refractivity contribution in [1.29, 1.82) is 0 Å². The topological polar surface area (TPSA) is 81.5 Å². The number of carbonyl (C=O) groups excluding carboxylic acids is 1. The van der Waals surface area contributed by atoms with E-state index in [0.717, 1.165) is 66.8 Å². The number of nitrogens with one attached hydrogen (secondary N) is 1. The van der Waals surface area contributed by atoms with Gasteiger partial charge in [0, 0.05) is 43.4 Å². The molecule has 2 aliphatic rings. The Labute approximate surface area is 216 Å². The molecular weight excluding hydrogens is 507 g/mol. The van der Waals surface area contributed by atoms with Crippen molar-refractivity contribution in [1.82, 2.24) is 25.0 Å². The first-order chi connectivity index (χ1) is 17.7. The number of nitrogens with zero attached hydrogens (tertiary/aromatic N) is 4. The van der Waals surface area contributed by atoms with Crippen molar-refractivity contribution in [3.05, 3.63) is 40.5 Å². The maximum Gasteiger partial charge on any atom is 0.422 e. The maximum absolute atomic E-state index is 12.9. The number of para-hydroxylation sites is 1. The van der Waals surface area contributed by atoms with Crippen LogP contribution in [0.5, 0.6) is 5.19 Å². The summed E-state index contributed by atoms with van der Waals surface area (Å²) in [5.74, 6) is -0.112. The second-order valence-electron chi connectivity index (χ2n) is 9.60. The lowest BCUT2D eigenvalue weighted by Gasteiger charge is -2.31. The summed E-state index contributed by atoms with van der Waals surface area (Å²) in [5, 5.41) is 8.40. The molecule has 4 heterocycles. The minimum absolute atomic E-state index is 0.0266. The molecule has 1 amide bonds. The van der Waals surface area contributed by atoms with E-state index in [4.69, 9.17) is 9.47 Å². The average Bonchev–Trinajstić information content (AvgIpc) is 3.40. The summed E-state index contributed by atoms with van der Waals surface area (Å²) in [5.41, 5.74) is 2.28. The van der Waals surface area contributed by atoms with E-state index >= 15 is 0 Å². The van der Waals surface area contributed by atoms with Gasteiger partial charge in [0.1, 0.15) is 0 Å². The van der Waals surface area contributed by atoms with Gasteiger partial charge >= 0.3 is 6.18 Å². The van der Waals surface area contributed by atoms with Crippen LogP contribution in [0.2, 0.25) is 0 Å². The molecule has 12 heteroatoms. The van der Waals surface area contributed by atoms with Crippen LogP contribution in [-0.2, 0) is 24.6 Å². The van der Waals surface area contributed by atoms with Crippen LogP contribution in [0.4, 0.5) is 13.2 Å². The Kier molecular flexibility index (Phi) is 7.68. The molecule has 1 fully saturated rings. The van der Waals surface area contributed by atoms with Crippen LogP contribution in [-0.4, -0.2) is 76.7 Å². The highest BCUT2D eigenvalue weighted by Crippen LogP contribution is 2.30. The molecule has 2 aliphatic heterocycles. The first-order valence-corrected chi connectivity index (χ1v) is 13.3. The number of aryl methyl sites for hydroxylation is 1. The Morgan fingerprint density at radius 2 is 2.11 bits per heavy atom. The molecule has 0 bridgehead atoms. The van der Waals surface area contributed by atoms with Gasteiger partial charge in [0.25, 0.3) is 11.1 Å². The van der Waals surface area contributed by atoms with Gasteiger partial charge in [-0.1, -0.05) is 23.5 Å². The fourth-order valence-corrected chi connectivity index (χ4v) is 5.91. The van der Waals surface area contributed by atoms with E-state index in [1.54, 1.807) is 10.9 Å². The van der Waals surface area contributed by atoms with Crippen molar-refractivity contribution in [2.45, 2.75) is 50.4 Å². The van der Waals surface area contributed by atoms with E-state index in [-0.39, 0.29) is 23.2 Å². The Morgan fingerprint density at radius 3 is 2.89 bits per heavy atom. The van der Waals surface area contributed by atoms with E-state index in [1.807, 2.05) is 25.2 Å². The predicted molar refractivity (Wildman–Crippen MR) is 133 cm³/mol. The number of amides is 1. The number of benzene rings is 1. The van der Waals surface area contributed by atoms with Crippen LogP contribution in [0.15, 0.2) is 24.4 Å². The summed E-state index contributed by atoms with van der Waals surface area (Å²) in [7, 11) is 1.83. The third-order valence-electron chi connectivity index (χ3n) is 6.92. The third-order valence-corrected chi connectivity index (χ3v) is 7.99. The molecule has 1 N–H and O–H groups in total. The molecule has 5 rings (SSSR count). The number of ether oxygens (including phenoxy) is 2. The van der Waals surface area contributed by atoms with E-state index in [2.05, 4.69) is 20.3 Å². The number of aromatic nitrogens is 3. The van der Waals surface area contributed by atoms with Crippen molar-refractivity contribution >= 4 is 28.1 Å². The maximum atomic E-state index is 12.9. The SMILES string of the molecule is Cn1ncc2cccc(C(=O)N[C@H]3CC[C@H](CCN4CCc5nc(OCC(F)(F)F)sc5CC4)OC3)c21. The molecule has 0 unspecified atom stereocenters. The molecule has 0 spiro atoms. The first-order valence-electron chi connectivity index (χ1n) is 12.5. The molecule has 2 aromatic heterocycles. The molecule has 2 atom stereocenters. The van der Waals surface area contributed by atoms with Crippen molar-refractivity contribution in [3.63, 3.8) is 0 Å². The van der Waals surface area contributed by atoms with Gasteiger partial charge in [0.15, 0.2) is 6.61 Å². The summed E-state index contributed by atoms with van der Waals surface area (Å²) >= 11 is 1.22. The van der Waals surface area contributed by atoms with Gasteiger partial charge in [-0.25, -0.2) is 4.98 Å². The minimum atomic E-state index is -4.36. The largest absolute Gasteiger partial charge is 0.460 e. The van der Waals surface area contributed by atoms with Crippen molar-refractivity contribution in [3.8, 4) is 5.19 Å². The first kappa shape index (κ1) is 25.9. The molecule has 1 aromatic carbocycles. The van der Waals surface area contributed by atoms with E-state index in [0.29, 0.717) is 18.6 Å². The highest BCUT2D eigenvalue weighted by atomic mass is 32.1. The lowest BCUT2D eigenvalue weighted by atomic mass is 10.0. The number of halogens is 3. The number of rotatable bonds is 7. The van der Waals surface area contributed by atoms with Crippen LogP contribution >= 0.6 is 11.3 Å². The third kappa shape index (κ3) is 6.42. The van der Waals surface area contributed by atoms with Crippen LogP contribution < -0.4 is 10.1 Å². The lowest BCUT2D eigenvalue weighted by molar-refractivity contribution is -0.153. The van der Waals surface area contributed by atoms with Gasteiger partial charge in [-0.2, -0.15) is 18.3 Å². The van der Waals surface area contributed by atoms with Crippen molar-refractivity contribution < 1.29 is 27.4 Å². The molecule has 8 nitrogen and oxygen atoms in total. The molecule has 37 heavy (non-hydrogen) atoms. The quantitative estimate of drug-likeness (QED) is 0.495. The Bertz CT molecular complexity index is 1210. The smallest absolute Gasteiger partial charge is 0.422 e. The highest BCUT2D eigenvalue weighted by molar-refractivity contribution is 7.13. The number of hydrogen-bond donors (Lipinski definition) is 1. The summed E-state index contributed by atoms with van der Waals surface area (Å²) in [6.07, 6.45) is 1.63. The fraction of sp³-hybridized carbons (Fsp3) is 0.560. The monoisotopic (exact) mass is 537 g/mol. The molecule has 0 radical (unpaired) electrons. The van der Waals surface area contributed by atoms with E-state index < -0.39 is 12.8 Å². The van der Waals surface area contributed by atoms with Gasteiger partial charge in [0.05, 0.1) is 41.7 Å². The van der Waals surface area contributed by atoms with Gasteiger partial charge in [-0.05, 0) is 31.7 Å². The molecule has 3 aromatic rings. The fourth-order valence-electron chi connectivity index (χ4n) is 4.97. The number of alkyl halides is 3. The zero-order valence-corrected chi connectivity index (χ0v) is 21.4. The van der Waals surface area contributed by atoms with Gasteiger partial charge < -0.3 is 19.7 Å². The summed E-state index contributed by atoms with van der Waals surface area (Å²) in [6.45, 7) is 1.70. The Morgan fingerprint density at radius 1 is 1.27 bits per heavy atom. The van der Waals surface area contributed by atoms with Crippen molar-refractivity contribution in [2.24, 2.45) is 7.05 Å². The zero-order chi connectivity index (χ0) is 26.0. The summed E-state index contributed by atoms with van der Waals surface area (Å²) in [6, 6.07) is 5.60. The normalized spacial score (nSPS) is 21.0. The average molecular weight is 538 g/mol. The summed E-state index contributed by atoms with van der Waals surface area (Å²) < 4.78 is 49.8. The van der Waals surface area contributed by atoms with Crippen LogP contribution in [0.25, 0.3) is 10.9 Å². The van der Waals surface area contributed by atoms with Gasteiger partial charge in [-0.15, -0.1) is 0 Å². The second-order valence-corrected chi connectivity index (χ2v) is 10.6. The van der Waals surface area contributed by atoms with Gasteiger partial charge in [0.2, 0.25) is 0 Å². The molecule has 1 saturated heterocycles. The number of hydrogen-bond acceptors (Lipinski definition) is 7. The highest BCUT2D eigenvalue weighted by Gasteiger charge is 2.30. The predicted octanol–water partition coefficient (Wildman–Crippen LogP) is 3.74. The molecule has 0 saturated carbocycles. The summed E-state index contributed by atoms with van der Waals surface area (Å²) in [4.78, 5) is 20.6. The molecule has 200 valence electrons.